The van der Waals surface area contributed by atoms with Crippen LogP contribution in [0, 0.1) is 10.1 Å². The van der Waals surface area contributed by atoms with E-state index in [9.17, 15) is 28.1 Å². The molecule has 0 aliphatic rings. The number of benzene rings is 1. The summed E-state index contributed by atoms with van der Waals surface area (Å²) in [5, 5.41) is 25.9. The van der Waals surface area contributed by atoms with Crippen molar-refractivity contribution in [2.75, 3.05) is 6.61 Å². The molecule has 0 unspecified atom stereocenters. The summed E-state index contributed by atoms with van der Waals surface area (Å²) >= 11 is 0. The SMILES string of the molecule is CCOC(=O)C(N=Nc1ccc([N+](=O)[O-])cc1)=C(O)C(F)(F)F. The lowest BCUT2D eigenvalue weighted by Crippen LogP contribution is -2.18. The number of nitro benzene ring substituents is 1. The number of carbonyl (C=O) groups excluding carboxylic acids is 1. The van der Waals surface area contributed by atoms with E-state index in [0.717, 1.165) is 24.3 Å². The highest BCUT2D eigenvalue weighted by Crippen LogP contribution is 2.28. The molecule has 0 radical (unpaired) electrons. The molecular weight excluding hydrogens is 323 g/mol. The maximum absolute atomic E-state index is 12.5. The molecule has 0 saturated heterocycles. The average molecular weight is 333 g/mol. The fourth-order valence-corrected chi connectivity index (χ4v) is 1.27. The Morgan fingerprint density at radius 3 is 2.35 bits per heavy atom. The molecule has 0 spiro atoms. The maximum Gasteiger partial charge on any atom is 0.451 e. The van der Waals surface area contributed by atoms with Gasteiger partial charge in [0.15, 0.2) is 0 Å². The summed E-state index contributed by atoms with van der Waals surface area (Å²) in [5.41, 5.74) is -1.74. The summed E-state index contributed by atoms with van der Waals surface area (Å²) in [6.07, 6.45) is -5.21. The van der Waals surface area contributed by atoms with Crippen LogP contribution < -0.4 is 0 Å². The fourth-order valence-electron chi connectivity index (χ4n) is 1.27. The van der Waals surface area contributed by atoms with Gasteiger partial charge >= 0.3 is 12.1 Å². The minimum Gasteiger partial charge on any atom is -0.502 e. The third-order valence-electron chi connectivity index (χ3n) is 2.29. The van der Waals surface area contributed by atoms with Crippen molar-refractivity contribution in [1.29, 1.82) is 0 Å². The zero-order valence-electron chi connectivity index (χ0n) is 11.6. The van der Waals surface area contributed by atoms with Crippen LogP contribution in [-0.4, -0.2) is 28.8 Å². The molecule has 0 aliphatic carbocycles. The van der Waals surface area contributed by atoms with Crippen molar-refractivity contribution in [2.24, 2.45) is 10.2 Å². The molecule has 0 heterocycles. The number of nitro groups is 1. The molecule has 1 aromatic rings. The van der Waals surface area contributed by atoms with Crippen LogP contribution in [0.1, 0.15) is 6.92 Å². The average Bonchev–Trinajstić information content (AvgIpc) is 2.47. The zero-order valence-corrected chi connectivity index (χ0v) is 11.6. The quantitative estimate of drug-likeness (QED) is 0.221. The van der Waals surface area contributed by atoms with Gasteiger partial charge in [-0.15, -0.1) is 5.11 Å². The van der Waals surface area contributed by atoms with E-state index in [0.29, 0.717) is 0 Å². The van der Waals surface area contributed by atoms with Crippen LogP contribution in [0.3, 0.4) is 0 Å². The molecule has 23 heavy (non-hydrogen) atoms. The Kier molecular flexibility index (Phi) is 5.76. The van der Waals surface area contributed by atoms with E-state index in [-0.39, 0.29) is 18.0 Å². The minimum atomic E-state index is -5.21. The molecule has 0 saturated carbocycles. The number of halogens is 3. The third-order valence-corrected chi connectivity index (χ3v) is 2.29. The number of hydrogen-bond donors (Lipinski definition) is 1. The summed E-state index contributed by atoms with van der Waals surface area (Å²) in [4.78, 5) is 21.2. The smallest absolute Gasteiger partial charge is 0.451 e. The van der Waals surface area contributed by atoms with Gasteiger partial charge in [-0.2, -0.15) is 18.3 Å². The van der Waals surface area contributed by atoms with Crippen molar-refractivity contribution in [3.05, 3.63) is 45.8 Å². The number of ether oxygens (including phenoxy) is 1. The van der Waals surface area contributed by atoms with Crippen LogP contribution in [-0.2, 0) is 9.53 Å². The second kappa shape index (κ2) is 7.33. The number of aliphatic hydroxyl groups excluding tert-OH is 1. The van der Waals surface area contributed by atoms with E-state index in [4.69, 9.17) is 5.11 Å². The topological polar surface area (TPSA) is 114 Å². The number of carbonyl (C=O) groups is 1. The van der Waals surface area contributed by atoms with Gasteiger partial charge in [0.1, 0.15) is 0 Å². The van der Waals surface area contributed by atoms with E-state index in [1.54, 1.807) is 0 Å². The molecule has 124 valence electrons. The Morgan fingerprint density at radius 2 is 1.91 bits per heavy atom. The number of esters is 1. The lowest BCUT2D eigenvalue weighted by Gasteiger charge is -2.08. The Hall–Kier alpha value is -2.98. The van der Waals surface area contributed by atoms with Gasteiger partial charge in [-0.05, 0) is 19.1 Å². The lowest BCUT2D eigenvalue weighted by atomic mass is 10.3. The number of aliphatic hydroxyl groups is 1. The summed E-state index contributed by atoms with van der Waals surface area (Å²) in [5.74, 6) is -3.76. The first-order valence-corrected chi connectivity index (χ1v) is 6.00. The fraction of sp³-hybridized carbons (Fsp3) is 0.250. The molecule has 1 aromatic carbocycles. The number of non-ortho nitro benzene ring substituents is 1. The largest absolute Gasteiger partial charge is 0.502 e. The minimum absolute atomic E-state index is 0.0626. The van der Waals surface area contributed by atoms with E-state index in [1.807, 2.05) is 0 Å². The number of nitrogens with zero attached hydrogens (tertiary/aromatic N) is 3. The number of azo groups is 1. The summed E-state index contributed by atoms with van der Waals surface area (Å²) in [7, 11) is 0. The molecule has 0 aromatic heterocycles. The highest BCUT2D eigenvalue weighted by molar-refractivity contribution is 5.88. The third kappa shape index (κ3) is 5.05. The van der Waals surface area contributed by atoms with Crippen LogP contribution in [0.25, 0.3) is 0 Å². The summed E-state index contributed by atoms with van der Waals surface area (Å²) in [6.45, 7) is 1.12. The van der Waals surface area contributed by atoms with Gasteiger partial charge in [-0.3, -0.25) is 10.1 Å². The number of allylic oxidation sites excluding steroid dienone is 1. The van der Waals surface area contributed by atoms with Gasteiger partial charge in [-0.25, -0.2) is 4.79 Å². The van der Waals surface area contributed by atoms with Crippen molar-refractivity contribution in [3.63, 3.8) is 0 Å². The van der Waals surface area contributed by atoms with Gasteiger partial charge < -0.3 is 9.84 Å². The second-order valence-electron chi connectivity index (χ2n) is 3.89. The van der Waals surface area contributed by atoms with Crippen LogP contribution in [0.5, 0.6) is 0 Å². The monoisotopic (exact) mass is 333 g/mol. The molecule has 0 bridgehead atoms. The number of rotatable bonds is 5. The molecule has 1 rings (SSSR count). The summed E-state index contributed by atoms with van der Waals surface area (Å²) in [6, 6.07) is 4.31. The molecule has 8 nitrogen and oxygen atoms in total. The van der Waals surface area contributed by atoms with Gasteiger partial charge in [0, 0.05) is 12.1 Å². The molecule has 0 aliphatic heterocycles. The van der Waals surface area contributed by atoms with Gasteiger partial charge in [0.2, 0.25) is 11.5 Å². The Bertz CT molecular complexity index is 653. The van der Waals surface area contributed by atoms with E-state index in [1.165, 1.54) is 6.92 Å². The summed E-state index contributed by atoms with van der Waals surface area (Å²) < 4.78 is 41.8. The van der Waals surface area contributed by atoms with Crippen molar-refractivity contribution in [1.82, 2.24) is 0 Å². The van der Waals surface area contributed by atoms with Crippen LogP contribution in [0.4, 0.5) is 24.5 Å². The van der Waals surface area contributed by atoms with Crippen molar-refractivity contribution in [3.8, 4) is 0 Å². The molecule has 1 N–H and O–H groups in total. The van der Waals surface area contributed by atoms with Gasteiger partial charge in [-0.1, -0.05) is 0 Å². The normalized spacial score (nSPS) is 12.9. The first kappa shape index (κ1) is 18.1. The number of hydrogen-bond acceptors (Lipinski definition) is 7. The van der Waals surface area contributed by atoms with Crippen LogP contribution >= 0.6 is 0 Å². The molecule has 0 atom stereocenters. The van der Waals surface area contributed by atoms with Crippen LogP contribution in [0.15, 0.2) is 46.0 Å². The second-order valence-corrected chi connectivity index (χ2v) is 3.89. The first-order valence-electron chi connectivity index (χ1n) is 6.00. The molecule has 0 amide bonds. The standard InChI is InChI=1S/C12H10F3N3O5/c1-2-23-11(20)9(10(19)12(13,14)15)17-16-7-3-5-8(6-4-7)18(21)22/h3-6,19H,2H2,1H3. The highest BCUT2D eigenvalue weighted by atomic mass is 19.4. The van der Waals surface area contributed by atoms with Crippen molar-refractivity contribution in [2.45, 2.75) is 13.1 Å². The molecule has 11 heteroatoms. The molecule has 0 fully saturated rings. The predicted molar refractivity (Wildman–Crippen MR) is 70.0 cm³/mol. The van der Waals surface area contributed by atoms with E-state index in [2.05, 4.69) is 15.0 Å². The van der Waals surface area contributed by atoms with Gasteiger partial charge in [0.25, 0.3) is 5.69 Å². The first-order chi connectivity index (χ1) is 10.7. The Morgan fingerprint density at radius 1 is 1.35 bits per heavy atom. The van der Waals surface area contributed by atoms with Crippen molar-refractivity contribution < 1.29 is 32.7 Å². The maximum atomic E-state index is 12.5. The van der Waals surface area contributed by atoms with Crippen LogP contribution in [0.2, 0.25) is 0 Å². The van der Waals surface area contributed by atoms with E-state index < -0.39 is 28.5 Å². The number of alkyl halides is 3. The van der Waals surface area contributed by atoms with Crippen molar-refractivity contribution >= 4 is 17.3 Å². The van der Waals surface area contributed by atoms with Gasteiger partial charge in [0.05, 0.1) is 17.2 Å². The predicted octanol–water partition coefficient (Wildman–Crippen LogP) is 3.57. The highest BCUT2D eigenvalue weighted by Gasteiger charge is 2.39. The Balaban J connectivity index is 3.15. The zero-order chi connectivity index (χ0) is 17.6. The lowest BCUT2D eigenvalue weighted by molar-refractivity contribution is -0.384. The molecular formula is C12H10F3N3O5. The van der Waals surface area contributed by atoms with E-state index >= 15 is 0 Å². The Labute approximate surface area is 127 Å².